The summed E-state index contributed by atoms with van der Waals surface area (Å²) in [6, 6.07) is 1.23. The molecule has 1 aliphatic heterocycles. The lowest BCUT2D eigenvalue weighted by Gasteiger charge is -2.11. The third-order valence-corrected chi connectivity index (χ3v) is 4.85. The fraction of sp³-hybridized carbons (Fsp3) is 0.308. The molecular weight excluding hydrogens is 298 g/mol. The van der Waals surface area contributed by atoms with E-state index in [1.807, 2.05) is 11.4 Å². The van der Waals surface area contributed by atoms with E-state index in [2.05, 4.69) is 4.98 Å². The summed E-state index contributed by atoms with van der Waals surface area (Å²) in [5.74, 6) is -0.409. The van der Waals surface area contributed by atoms with Gasteiger partial charge in [0.15, 0.2) is 0 Å². The molecule has 3 amide bonds. The molecule has 1 aliphatic rings. The molecule has 20 heavy (non-hydrogen) atoms. The summed E-state index contributed by atoms with van der Waals surface area (Å²) in [5.41, 5.74) is 6.18. The monoisotopic (exact) mass is 309 g/mol. The number of halogens is 1. The maximum Gasteiger partial charge on any atom is 0.321 e. The Bertz CT molecular complexity index is 700. The van der Waals surface area contributed by atoms with Gasteiger partial charge in [-0.25, -0.2) is 9.78 Å². The summed E-state index contributed by atoms with van der Waals surface area (Å²) in [4.78, 5) is 28.4. The summed E-state index contributed by atoms with van der Waals surface area (Å²) in [6.07, 6.45) is 2.87. The molecule has 1 atom stereocenters. The van der Waals surface area contributed by atoms with Crippen LogP contribution < -0.4 is 5.73 Å². The highest BCUT2D eigenvalue weighted by molar-refractivity contribution is 7.17. The summed E-state index contributed by atoms with van der Waals surface area (Å²) in [6.45, 7) is 0.396. The molecule has 7 heteroatoms. The molecule has 0 bridgehead atoms. The topological polar surface area (TPSA) is 76.3 Å². The van der Waals surface area contributed by atoms with Gasteiger partial charge in [0.05, 0.1) is 0 Å². The van der Waals surface area contributed by atoms with Crippen molar-refractivity contribution in [3.8, 4) is 0 Å². The van der Waals surface area contributed by atoms with Crippen LogP contribution in [0, 0.1) is 5.92 Å². The third-order valence-electron chi connectivity index (χ3n) is 3.56. The summed E-state index contributed by atoms with van der Waals surface area (Å²) < 4.78 is 1.05. The Labute approximate surface area is 124 Å². The molecule has 0 aromatic carbocycles. The Morgan fingerprint density at radius 2 is 2.40 bits per heavy atom. The van der Waals surface area contributed by atoms with Crippen molar-refractivity contribution in [3.63, 3.8) is 0 Å². The van der Waals surface area contributed by atoms with E-state index in [-0.39, 0.29) is 11.8 Å². The van der Waals surface area contributed by atoms with Gasteiger partial charge in [0, 0.05) is 28.7 Å². The first-order valence-corrected chi connectivity index (χ1v) is 7.45. The molecule has 0 radical (unpaired) electrons. The molecule has 1 fully saturated rings. The van der Waals surface area contributed by atoms with E-state index >= 15 is 0 Å². The summed E-state index contributed by atoms with van der Waals surface area (Å²) in [7, 11) is 0. The molecule has 0 aliphatic carbocycles. The second-order valence-corrected chi connectivity index (χ2v) is 6.02. The average molecular weight is 310 g/mol. The van der Waals surface area contributed by atoms with Crippen LogP contribution in [-0.4, -0.2) is 28.4 Å². The molecule has 104 valence electrons. The van der Waals surface area contributed by atoms with Crippen molar-refractivity contribution < 1.29 is 9.59 Å². The molecule has 0 saturated carbocycles. The van der Waals surface area contributed by atoms with Crippen molar-refractivity contribution in [2.24, 2.45) is 11.7 Å². The predicted octanol–water partition coefficient (Wildman–Crippen LogP) is 2.42. The number of nitrogens with two attached hydrogens (primary N) is 1. The first-order chi connectivity index (χ1) is 9.58. The number of urea groups is 1. The van der Waals surface area contributed by atoms with Crippen molar-refractivity contribution in [1.82, 2.24) is 9.88 Å². The fourth-order valence-corrected chi connectivity index (χ4v) is 3.87. The van der Waals surface area contributed by atoms with Crippen LogP contribution in [0.4, 0.5) is 4.79 Å². The molecule has 3 heterocycles. The summed E-state index contributed by atoms with van der Waals surface area (Å²) >= 11 is 7.71. The minimum absolute atomic E-state index is 0.197. The number of aromatic nitrogens is 1. The molecule has 2 N–H and O–H groups in total. The molecule has 1 saturated heterocycles. The average Bonchev–Trinajstić information content (AvgIpc) is 2.96. The molecule has 1 unspecified atom stereocenters. The van der Waals surface area contributed by atoms with E-state index in [1.54, 1.807) is 17.5 Å². The van der Waals surface area contributed by atoms with Crippen LogP contribution in [0.15, 0.2) is 17.6 Å². The highest BCUT2D eigenvalue weighted by Gasteiger charge is 2.34. The van der Waals surface area contributed by atoms with Crippen LogP contribution >= 0.6 is 22.9 Å². The molecule has 2 aromatic rings. The van der Waals surface area contributed by atoms with Gasteiger partial charge in [-0.05, 0) is 29.9 Å². The third kappa shape index (κ3) is 2.14. The normalized spacial score (nSPS) is 18.9. The van der Waals surface area contributed by atoms with Gasteiger partial charge in [0.25, 0.3) is 0 Å². The minimum Gasteiger partial charge on any atom is -0.351 e. The number of amides is 3. The van der Waals surface area contributed by atoms with Crippen molar-refractivity contribution >= 4 is 45.0 Å². The fourth-order valence-electron chi connectivity index (χ4n) is 2.57. The molecule has 3 rings (SSSR count). The van der Waals surface area contributed by atoms with Crippen molar-refractivity contribution in [2.45, 2.75) is 12.8 Å². The van der Waals surface area contributed by atoms with Crippen LogP contribution in [-0.2, 0) is 11.2 Å². The highest BCUT2D eigenvalue weighted by atomic mass is 35.5. The molecular formula is C13H12ClN3O2S. The van der Waals surface area contributed by atoms with E-state index < -0.39 is 6.03 Å². The number of hydrogen-bond donors (Lipinski definition) is 1. The number of hydrogen-bond acceptors (Lipinski definition) is 4. The quantitative estimate of drug-likeness (QED) is 0.866. The second kappa shape index (κ2) is 5.03. The lowest BCUT2D eigenvalue weighted by atomic mass is 9.98. The van der Waals surface area contributed by atoms with Crippen LogP contribution in [0.5, 0.6) is 0 Å². The zero-order valence-electron chi connectivity index (χ0n) is 10.5. The number of nitrogens with zero attached hydrogens (tertiary/aromatic N) is 2. The van der Waals surface area contributed by atoms with Gasteiger partial charge in [-0.2, -0.15) is 0 Å². The number of thiophene rings is 1. The number of imide groups is 1. The zero-order valence-corrected chi connectivity index (χ0v) is 12.1. The van der Waals surface area contributed by atoms with E-state index in [9.17, 15) is 9.59 Å². The first kappa shape index (κ1) is 13.3. The zero-order chi connectivity index (χ0) is 14.3. The number of rotatable bonds is 2. The number of likely N-dealkylation sites (tertiary alicyclic amines) is 1. The van der Waals surface area contributed by atoms with Crippen LogP contribution in [0.3, 0.4) is 0 Å². The lowest BCUT2D eigenvalue weighted by molar-refractivity contribution is -0.128. The van der Waals surface area contributed by atoms with Crippen molar-refractivity contribution in [1.29, 1.82) is 0 Å². The van der Waals surface area contributed by atoms with Crippen LogP contribution in [0.2, 0.25) is 5.15 Å². The molecule has 2 aromatic heterocycles. The highest BCUT2D eigenvalue weighted by Crippen LogP contribution is 2.33. The molecule has 5 nitrogen and oxygen atoms in total. The smallest absolute Gasteiger partial charge is 0.321 e. The number of carbonyl (C=O) groups is 2. The van der Waals surface area contributed by atoms with Gasteiger partial charge >= 0.3 is 6.03 Å². The molecule has 0 spiro atoms. The number of pyridine rings is 1. The predicted molar refractivity (Wildman–Crippen MR) is 77.7 cm³/mol. The number of fused-ring (bicyclic) bond motifs is 1. The number of carbonyl (C=O) groups excluding carboxylic acids is 2. The first-order valence-electron chi connectivity index (χ1n) is 6.19. The Balaban J connectivity index is 1.88. The van der Waals surface area contributed by atoms with E-state index in [0.29, 0.717) is 24.5 Å². The van der Waals surface area contributed by atoms with Gasteiger partial charge in [0.1, 0.15) is 5.15 Å². The SMILES string of the molecule is NC(=O)N1CCC(Cc2csc3ccnc(Cl)c23)C1=O. The minimum atomic E-state index is -0.674. The van der Waals surface area contributed by atoms with Crippen LogP contribution in [0.25, 0.3) is 10.1 Å². The van der Waals surface area contributed by atoms with Gasteiger partial charge in [0.2, 0.25) is 5.91 Å². The Morgan fingerprint density at radius 3 is 3.10 bits per heavy atom. The van der Waals surface area contributed by atoms with E-state index in [1.165, 1.54) is 0 Å². The largest absolute Gasteiger partial charge is 0.351 e. The maximum atomic E-state index is 12.1. The van der Waals surface area contributed by atoms with Crippen LogP contribution in [0.1, 0.15) is 12.0 Å². The maximum absolute atomic E-state index is 12.1. The number of primary amides is 1. The Hall–Kier alpha value is -1.66. The van der Waals surface area contributed by atoms with Gasteiger partial charge in [-0.3, -0.25) is 9.69 Å². The van der Waals surface area contributed by atoms with Crippen molar-refractivity contribution in [2.75, 3.05) is 6.54 Å². The van der Waals surface area contributed by atoms with Gasteiger partial charge < -0.3 is 5.73 Å². The second-order valence-electron chi connectivity index (χ2n) is 4.75. The van der Waals surface area contributed by atoms with Crippen molar-refractivity contribution in [3.05, 3.63) is 28.4 Å². The van der Waals surface area contributed by atoms with E-state index in [0.717, 1.165) is 20.5 Å². The van der Waals surface area contributed by atoms with E-state index in [4.69, 9.17) is 17.3 Å². The summed E-state index contributed by atoms with van der Waals surface area (Å²) in [5, 5.41) is 3.36. The Kier molecular flexibility index (Phi) is 3.35. The van der Waals surface area contributed by atoms with Gasteiger partial charge in [-0.1, -0.05) is 11.6 Å². The standard InChI is InChI=1S/C13H12ClN3O2S/c14-11-10-8(6-20-9(10)1-3-16-11)5-7-2-4-17(12(7)18)13(15)19/h1,3,6-7H,2,4-5H2,(H2,15,19). The lowest BCUT2D eigenvalue weighted by Crippen LogP contribution is -2.38. The Morgan fingerprint density at radius 1 is 1.60 bits per heavy atom. The van der Waals surface area contributed by atoms with Gasteiger partial charge in [-0.15, -0.1) is 11.3 Å².